The molecular formula is C16H23ClO. The number of hydrogen-bond donors (Lipinski definition) is 0. The molecule has 0 radical (unpaired) electrons. The van der Waals surface area contributed by atoms with Crippen molar-refractivity contribution in [3.63, 3.8) is 0 Å². The van der Waals surface area contributed by atoms with Gasteiger partial charge in [-0.15, -0.1) is 11.6 Å². The Hall–Kier alpha value is -0.690. The lowest BCUT2D eigenvalue weighted by atomic mass is 9.68. The van der Waals surface area contributed by atoms with Gasteiger partial charge in [-0.1, -0.05) is 46.8 Å². The van der Waals surface area contributed by atoms with Crippen molar-refractivity contribution in [2.24, 2.45) is 5.41 Å². The van der Waals surface area contributed by atoms with E-state index in [0.29, 0.717) is 0 Å². The van der Waals surface area contributed by atoms with Crippen molar-refractivity contribution in [3.05, 3.63) is 29.8 Å². The van der Waals surface area contributed by atoms with E-state index in [-0.39, 0.29) is 22.3 Å². The smallest absolute Gasteiger partial charge is 0.120 e. The molecule has 1 fully saturated rings. The third-order valence-corrected chi connectivity index (χ3v) is 4.78. The summed E-state index contributed by atoms with van der Waals surface area (Å²) in [5, 5.41) is 0.230. The lowest BCUT2D eigenvalue weighted by molar-refractivity contribution is -0.0131. The zero-order valence-electron chi connectivity index (χ0n) is 12.0. The standard InChI is InChI=1S/C16H23ClO/c1-15(2,3)11-7-6-8-12(9-11)18-14-10-13(17)16(14,4)5/h6-9,13-14H,10H2,1-5H3. The van der Waals surface area contributed by atoms with Gasteiger partial charge in [0.05, 0.1) is 0 Å². The van der Waals surface area contributed by atoms with Gasteiger partial charge in [0, 0.05) is 17.2 Å². The predicted molar refractivity (Wildman–Crippen MR) is 77.6 cm³/mol. The Balaban J connectivity index is 2.12. The van der Waals surface area contributed by atoms with E-state index < -0.39 is 0 Å². The Morgan fingerprint density at radius 3 is 2.44 bits per heavy atom. The summed E-state index contributed by atoms with van der Waals surface area (Å²) in [6.45, 7) is 11.0. The Morgan fingerprint density at radius 1 is 1.28 bits per heavy atom. The molecule has 1 aliphatic carbocycles. The van der Waals surface area contributed by atoms with Crippen molar-refractivity contribution in [2.75, 3.05) is 0 Å². The highest BCUT2D eigenvalue weighted by molar-refractivity contribution is 6.21. The number of rotatable bonds is 2. The highest BCUT2D eigenvalue weighted by atomic mass is 35.5. The summed E-state index contributed by atoms with van der Waals surface area (Å²) in [7, 11) is 0. The molecule has 0 saturated heterocycles. The van der Waals surface area contributed by atoms with E-state index in [4.69, 9.17) is 16.3 Å². The molecule has 18 heavy (non-hydrogen) atoms. The van der Waals surface area contributed by atoms with Crippen LogP contribution in [0.3, 0.4) is 0 Å². The van der Waals surface area contributed by atoms with Gasteiger partial charge in [-0.25, -0.2) is 0 Å². The summed E-state index contributed by atoms with van der Waals surface area (Å²) in [4.78, 5) is 0. The van der Waals surface area contributed by atoms with E-state index >= 15 is 0 Å². The van der Waals surface area contributed by atoms with E-state index in [1.807, 2.05) is 6.07 Å². The molecule has 1 saturated carbocycles. The van der Waals surface area contributed by atoms with Gasteiger partial charge in [0.2, 0.25) is 0 Å². The van der Waals surface area contributed by atoms with Crippen LogP contribution in [0.15, 0.2) is 24.3 Å². The number of halogens is 1. The summed E-state index contributed by atoms with van der Waals surface area (Å²) >= 11 is 6.23. The van der Waals surface area contributed by atoms with E-state index in [1.165, 1.54) is 5.56 Å². The second kappa shape index (κ2) is 4.45. The van der Waals surface area contributed by atoms with Crippen molar-refractivity contribution in [1.82, 2.24) is 0 Å². The molecule has 1 aliphatic rings. The number of hydrogen-bond acceptors (Lipinski definition) is 1. The minimum atomic E-state index is 0.0687. The highest BCUT2D eigenvalue weighted by Crippen LogP contribution is 2.46. The quantitative estimate of drug-likeness (QED) is 0.701. The summed E-state index contributed by atoms with van der Waals surface area (Å²) < 4.78 is 6.09. The van der Waals surface area contributed by atoms with E-state index in [2.05, 4.69) is 52.8 Å². The molecule has 1 aromatic carbocycles. The van der Waals surface area contributed by atoms with E-state index in [1.54, 1.807) is 0 Å². The molecule has 2 rings (SSSR count). The average molecular weight is 267 g/mol. The van der Waals surface area contributed by atoms with Crippen LogP contribution in [0.4, 0.5) is 0 Å². The van der Waals surface area contributed by atoms with Crippen LogP contribution in [0.25, 0.3) is 0 Å². The maximum absolute atomic E-state index is 6.23. The topological polar surface area (TPSA) is 9.23 Å². The average Bonchev–Trinajstić information content (AvgIpc) is 2.28. The van der Waals surface area contributed by atoms with Crippen LogP contribution >= 0.6 is 11.6 Å². The van der Waals surface area contributed by atoms with Crippen molar-refractivity contribution in [1.29, 1.82) is 0 Å². The Bertz CT molecular complexity index is 431. The maximum atomic E-state index is 6.23. The van der Waals surface area contributed by atoms with Gasteiger partial charge in [0.1, 0.15) is 11.9 Å². The molecule has 0 bridgehead atoms. The third-order valence-electron chi connectivity index (χ3n) is 4.04. The Morgan fingerprint density at radius 2 is 1.94 bits per heavy atom. The van der Waals surface area contributed by atoms with E-state index in [9.17, 15) is 0 Å². The molecule has 100 valence electrons. The van der Waals surface area contributed by atoms with Crippen LogP contribution in [-0.4, -0.2) is 11.5 Å². The van der Waals surface area contributed by atoms with Crippen molar-refractivity contribution < 1.29 is 4.74 Å². The molecule has 2 unspecified atom stereocenters. The first-order valence-electron chi connectivity index (χ1n) is 6.62. The maximum Gasteiger partial charge on any atom is 0.120 e. The van der Waals surface area contributed by atoms with Crippen LogP contribution < -0.4 is 4.74 Å². The van der Waals surface area contributed by atoms with Gasteiger partial charge in [0.25, 0.3) is 0 Å². The zero-order chi connectivity index (χ0) is 13.6. The summed E-state index contributed by atoms with van der Waals surface area (Å²) in [6.07, 6.45) is 1.17. The van der Waals surface area contributed by atoms with Crippen LogP contribution in [-0.2, 0) is 5.41 Å². The largest absolute Gasteiger partial charge is 0.490 e. The predicted octanol–water partition coefficient (Wildman–Crippen LogP) is 4.77. The molecule has 0 N–H and O–H groups in total. The molecule has 2 heteroatoms. The van der Waals surface area contributed by atoms with Crippen LogP contribution in [0.2, 0.25) is 0 Å². The van der Waals surface area contributed by atoms with Gasteiger partial charge in [0.15, 0.2) is 0 Å². The fourth-order valence-electron chi connectivity index (χ4n) is 2.24. The normalized spacial score (nSPS) is 26.6. The molecular weight excluding hydrogens is 244 g/mol. The first-order chi connectivity index (χ1) is 8.21. The van der Waals surface area contributed by atoms with Gasteiger partial charge < -0.3 is 4.74 Å². The van der Waals surface area contributed by atoms with Gasteiger partial charge in [-0.3, -0.25) is 0 Å². The number of benzene rings is 1. The molecule has 0 aromatic heterocycles. The highest BCUT2D eigenvalue weighted by Gasteiger charge is 2.49. The first-order valence-corrected chi connectivity index (χ1v) is 7.06. The monoisotopic (exact) mass is 266 g/mol. The minimum absolute atomic E-state index is 0.0687. The fraction of sp³-hybridized carbons (Fsp3) is 0.625. The second-order valence-corrected chi connectivity index (χ2v) is 7.44. The molecule has 1 aromatic rings. The van der Waals surface area contributed by atoms with Crippen LogP contribution in [0.5, 0.6) is 5.75 Å². The second-order valence-electron chi connectivity index (χ2n) is 6.91. The summed E-state index contributed by atoms with van der Waals surface area (Å²) in [5.41, 5.74) is 1.53. The lowest BCUT2D eigenvalue weighted by Crippen LogP contribution is -2.53. The Labute approximate surface area is 115 Å². The van der Waals surface area contributed by atoms with Crippen molar-refractivity contribution in [3.8, 4) is 5.75 Å². The SMILES string of the molecule is CC(C)(C)c1cccc(OC2CC(Cl)C2(C)C)c1. The molecule has 0 amide bonds. The number of ether oxygens (including phenoxy) is 1. The minimum Gasteiger partial charge on any atom is -0.490 e. The van der Waals surface area contributed by atoms with Gasteiger partial charge in [-0.2, -0.15) is 0 Å². The molecule has 0 aliphatic heterocycles. The molecule has 0 spiro atoms. The molecule has 0 heterocycles. The molecule has 2 atom stereocenters. The lowest BCUT2D eigenvalue weighted by Gasteiger charge is -2.48. The van der Waals surface area contributed by atoms with Gasteiger partial charge in [-0.05, 0) is 23.1 Å². The van der Waals surface area contributed by atoms with Gasteiger partial charge >= 0.3 is 0 Å². The summed E-state index contributed by atoms with van der Waals surface area (Å²) in [6, 6.07) is 8.41. The first kappa shape index (κ1) is 13.7. The Kier molecular flexibility index (Phi) is 3.40. The van der Waals surface area contributed by atoms with Crippen LogP contribution in [0.1, 0.15) is 46.6 Å². The number of alkyl halides is 1. The van der Waals surface area contributed by atoms with E-state index in [0.717, 1.165) is 12.2 Å². The fourth-order valence-corrected chi connectivity index (χ4v) is 2.54. The summed E-state index contributed by atoms with van der Waals surface area (Å²) in [5.74, 6) is 0.962. The zero-order valence-corrected chi connectivity index (χ0v) is 12.7. The van der Waals surface area contributed by atoms with Crippen molar-refractivity contribution in [2.45, 2.75) is 57.9 Å². The third kappa shape index (κ3) is 2.51. The van der Waals surface area contributed by atoms with Crippen molar-refractivity contribution >= 4 is 11.6 Å². The van der Waals surface area contributed by atoms with Crippen LogP contribution in [0, 0.1) is 5.41 Å². The molecule has 1 nitrogen and oxygen atoms in total.